The van der Waals surface area contributed by atoms with E-state index in [9.17, 15) is 5.26 Å². The molecule has 3 heteroatoms. The highest BCUT2D eigenvalue weighted by atomic mass is 15.1. The normalized spacial score (nSPS) is 11.2. The number of aromatic amines is 1. The second kappa shape index (κ2) is 5.19. The van der Waals surface area contributed by atoms with Crippen LogP contribution in [0, 0.1) is 11.3 Å². The second-order valence-electron chi connectivity index (χ2n) is 6.19. The summed E-state index contributed by atoms with van der Waals surface area (Å²) in [6.07, 6.45) is 1.70. The summed E-state index contributed by atoms with van der Waals surface area (Å²) < 4.78 is 0. The molecule has 5 aromatic rings. The van der Waals surface area contributed by atoms with Crippen LogP contribution in [0.4, 0.5) is 0 Å². The lowest BCUT2D eigenvalue weighted by molar-refractivity contribution is 1.09. The fourth-order valence-corrected chi connectivity index (χ4v) is 3.52. The van der Waals surface area contributed by atoms with Crippen molar-refractivity contribution in [3.8, 4) is 17.3 Å². The van der Waals surface area contributed by atoms with Crippen LogP contribution in [0.25, 0.3) is 43.6 Å². The van der Waals surface area contributed by atoms with E-state index in [0.29, 0.717) is 5.56 Å². The molecule has 0 aliphatic carbocycles. The molecular formula is C22H13N3. The van der Waals surface area contributed by atoms with Crippen LogP contribution in [0.15, 0.2) is 72.9 Å². The van der Waals surface area contributed by atoms with Crippen LogP contribution >= 0.6 is 0 Å². The Labute approximate surface area is 144 Å². The number of nitrogens with one attached hydrogen (secondary N) is 1. The predicted octanol–water partition coefficient (Wildman–Crippen LogP) is 5.41. The third-order valence-electron chi connectivity index (χ3n) is 4.74. The smallest absolute Gasteiger partial charge is 0.100 e. The molecule has 4 aromatic carbocycles. The predicted molar refractivity (Wildman–Crippen MR) is 101 cm³/mol. The largest absolute Gasteiger partial charge is 0.278 e. The molecule has 0 radical (unpaired) electrons. The fourth-order valence-electron chi connectivity index (χ4n) is 3.52. The minimum atomic E-state index is 0.678. The maximum atomic E-state index is 9.77. The number of H-pyrrole nitrogens is 1. The van der Waals surface area contributed by atoms with Gasteiger partial charge >= 0.3 is 0 Å². The molecule has 0 saturated carbocycles. The first kappa shape index (κ1) is 13.8. The van der Waals surface area contributed by atoms with Crippen molar-refractivity contribution in [1.29, 1.82) is 5.26 Å². The molecule has 1 heterocycles. The minimum absolute atomic E-state index is 0.678. The molecule has 0 amide bonds. The minimum Gasteiger partial charge on any atom is -0.278 e. The van der Waals surface area contributed by atoms with Crippen LogP contribution in [-0.2, 0) is 0 Å². The highest BCUT2D eigenvalue weighted by Gasteiger charge is 2.11. The van der Waals surface area contributed by atoms with Crippen LogP contribution in [0.2, 0.25) is 0 Å². The van der Waals surface area contributed by atoms with E-state index in [0.717, 1.165) is 27.4 Å². The number of hydrogen-bond acceptors (Lipinski definition) is 2. The summed E-state index contributed by atoms with van der Waals surface area (Å²) in [5.74, 6) is 0. The number of fused-ring (bicyclic) bond motifs is 3. The van der Waals surface area contributed by atoms with Gasteiger partial charge in [0.05, 0.1) is 11.3 Å². The average molecular weight is 319 g/mol. The summed E-state index contributed by atoms with van der Waals surface area (Å²) in [7, 11) is 0. The van der Waals surface area contributed by atoms with Gasteiger partial charge in [0.2, 0.25) is 0 Å². The SMILES string of the molecule is N#Cc1c(-c2ccn[nH]2)ccc2cc3cc4ccccc4cc3cc12. The fraction of sp³-hybridized carbons (Fsp3) is 0. The van der Waals surface area contributed by atoms with E-state index in [1.54, 1.807) is 6.20 Å². The Morgan fingerprint density at radius 1 is 0.760 bits per heavy atom. The maximum Gasteiger partial charge on any atom is 0.100 e. The molecule has 0 aliphatic rings. The summed E-state index contributed by atoms with van der Waals surface area (Å²) in [5, 5.41) is 23.5. The molecule has 0 fully saturated rings. The molecule has 0 atom stereocenters. The van der Waals surface area contributed by atoms with Gasteiger partial charge in [0.1, 0.15) is 6.07 Å². The molecule has 0 aliphatic heterocycles. The van der Waals surface area contributed by atoms with Gasteiger partial charge in [-0.15, -0.1) is 0 Å². The van der Waals surface area contributed by atoms with E-state index < -0.39 is 0 Å². The number of nitrogens with zero attached hydrogens (tertiary/aromatic N) is 2. The zero-order valence-corrected chi connectivity index (χ0v) is 13.3. The topological polar surface area (TPSA) is 52.5 Å². The standard InChI is InChI=1S/C22H13N3/c23-13-21-19(22-7-8-24-25-22)6-5-16-11-17-9-14-3-1-2-4-15(14)10-18(17)12-20(16)21/h1-12H,(H,24,25). The molecule has 0 unspecified atom stereocenters. The third kappa shape index (κ3) is 2.09. The van der Waals surface area contributed by atoms with Gasteiger partial charge in [-0.25, -0.2) is 0 Å². The van der Waals surface area contributed by atoms with Gasteiger partial charge in [0, 0.05) is 17.1 Å². The van der Waals surface area contributed by atoms with Gasteiger partial charge in [0.25, 0.3) is 0 Å². The van der Waals surface area contributed by atoms with Gasteiger partial charge in [-0.2, -0.15) is 10.4 Å². The van der Waals surface area contributed by atoms with Crippen LogP contribution in [0.3, 0.4) is 0 Å². The van der Waals surface area contributed by atoms with E-state index in [2.05, 4.69) is 64.8 Å². The van der Waals surface area contributed by atoms with Crippen LogP contribution < -0.4 is 0 Å². The Hall–Kier alpha value is -3.64. The van der Waals surface area contributed by atoms with Crippen molar-refractivity contribution < 1.29 is 0 Å². The monoisotopic (exact) mass is 319 g/mol. The third-order valence-corrected chi connectivity index (χ3v) is 4.74. The zero-order valence-electron chi connectivity index (χ0n) is 13.3. The first-order valence-corrected chi connectivity index (χ1v) is 8.12. The lowest BCUT2D eigenvalue weighted by atomic mass is 9.94. The Balaban J connectivity index is 1.88. The molecule has 116 valence electrons. The summed E-state index contributed by atoms with van der Waals surface area (Å²) in [6.45, 7) is 0. The second-order valence-corrected chi connectivity index (χ2v) is 6.19. The van der Waals surface area contributed by atoms with E-state index in [1.165, 1.54) is 16.2 Å². The van der Waals surface area contributed by atoms with Crippen molar-refractivity contribution in [2.75, 3.05) is 0 Å². The summed E-state index contributed by atoms with van der Waals surface area (Å²) in [5.41, 5.74) is 2.42. The van der Waals surface area contributed by atoms with Crippen molar-refractivity contribution in [3.05, 3.63) is 78.5 Å². The zero-order chi connectivity index (χ0) is 16.8. The van der Waals surface area contributed by atoms with Crippen molar-refractivity contribution in [2.45, 2.75) is 0 Å². The van der Waals surface area contributed by atoms with E-state index in [-0.39, 0.29) is 0 Å². The molecule has 1 N–H and O–H groups in total. The Bertz CT molecular complexity index is 1290. The Kier molecular flexibility index (Phi) is 2.86. The molecule has 5 rings (SSSR count). The molecule has 0 bridgehead atoms. The van der Waals surface area contributed by atoms with Crippen molar-refractivity contribution in [1.82, 2.24) is 10.2 Å². The van der Waals surface area contributed by atoms with Gasteiger partial charge < -0.3 is 0 Å². The summed E-state index contributed by atoms with van der Waals surface area (Å²) in [6, 6.07) is 25.3. The van der Waals surface area contributed by atoms with E-state index in [4.69, 9.17) is 0 Å². The van der Waals surface area contributed by atoms with E-state index in [1.807, 2.05) is 18.2 Å². The summed E-state index contributed by atoms with van der Waals surface area (Å²) in [4.78, 5) is 0. The molecule has 25 heavy (non-hydrogen) atoms. The molecular weight excluding hydrogens is 306 g/mol. The van der Waals surface area contributed by atoms with E-state index >= 15 is 0 Å². The lowest BCUT2D eigenvalue weighted by Gasteiger charge is -2.09. The first-order chi connectivity index (χ1) is 12.3. The van der Waals surface area contributed by atoms with Crippen molar-refractivity contribution >= 4 is 32.3 Å². The highest BCUT2D eigenvalue weighted by Crippen LogP contribution is 2.33. The van der Waals surface area contributed by atoms with Gasteiger partial charge in [-0.3, -0.25) is 5.10 Å². The van der Waals surface area contributed by atoms with Crippen LogP contribution in [0.5, 0.6) is 0 Å². The van der Waals surface area contributed by atoms with Crippen LogP contribution in [-0.4, -0.2) is 10.2 Å². The first-order valence-electron chi connectivity index (χ1n) is 8.12. The van der Waals surface area contributed by atoms with Crippen LogP contribution in [0.1, 0.15) is 5.56 Å². The molecule has 3 nitrogen and oxygen atoms in total. The number of hydrogen-bond donors (Lipinski definition) is 1. The van der Waals surface area contributed by atoms with Crippen molar-refractivity contribution in [2.24, 2.45) is 0 Å². The Morgan fingerprint density at radius 2 is 1.48 bits per heavy atom. The maximum absolute atomic E-state index is 9.77. The highest BCUT2D eigenvalue weighted by molar-refractivity contribution is 6.07. The quantitative estimate of drug-likeness (QED) is 0.420. The van der Waals surface area contributed by atoms with Gasteiger partial charge in [0.15, 0.2) is 0 Å². The van der Waals surface area contributed by atoms with Crippen molar-refractivity contribution in [3.63, 3.8) is 0 Å². The van der Waals surface area contributed by atoms with Gasteiger partial charge in [-0.1, -0.05) is 36.4 Å². The number of aromatic nitrogens is 2. The number of nitriles is 1. The molecule has 0 saturated heterocycles. The molecule has 0 spiro atoms. The molecule has 1 aromatic heterocycles. The number of rotatable bonds is 1. The Morgan fingerprint density at radius 3 is 2.16 bits per heavy atom. The lowest BCUT2D eigenvalue weighted by Crippen LogP contribution is -1.88. The number of benzene rings is 4. The summed E-state index contributed by atoms with van der Waals surface area (Å²) >= 11 is 0. The van der Waals surface area contributed by atoms with Gasteiger partial charge in [-0.05, 0) is 57.3 Å². The average Bonchev–Trinajstić information content (AvgIpc) is 3.18.